The first kappa shape index (κ1) is 18.4. The van der Waals surface area contributed by atoms with Crippen molar-refractivity contribution in [1.82, 2.24) is 19.7 Å². The number of carbonyl (C=O) groups is 1. The van der Waals surface area contributed by atoms with Crippen molar-refractivity contribution in [2.24, 2.45) is 5.73 Å². The summed E-state index contributed by atoms with van der Waals surface area (Å²) in [4.78, 5) is 13.7. The van der Waals surface area contributed by atoms with E-state index in [4.69, 9.17) is 5.73 Å². The van der Waals surface area contributed by atoms with Crippen molar-refractivity contribution in [3.63, 3.8) is 0 Å². The number of carbonyl (C=O) groups excluding carboxylic acids is 1. The standard InChI is InChI=1S/C14H17N5O.2ClH/c15-7-6-13(20)18-8-9-19-12(10-18)16-17-14(19)11-4-2-1-3-5-11;;/h1-5H,6-10,15H2;2*1H. The fraction of sp³-hybridized carbons (Fsp3) is 0.357. The third-order valence-electron chi connectivity index (χ3n) is 3.50. The number of amides is 1. The molecule has 1 aliphatic heterocycles. The minimum Gasteiger partial charge on any atom is -0.333 e. The van der Waals surface area contributed by atoms with Crippen LogP contribution in [0.3, 0.4) is 0 Å². The SMILES string of the molecule is Cl.Cl.NCCC(=O)N1CCn2c(nnc2-c2ccccc2)C1. The van der Waals surface area contributed by atoms with Crippen molar-refractivity contribution in [2.75, 3.05) is 13.1 Å². The molecule has 2 heterocycles. The summed E-state index contributed by atoms with van der Waals surface area (Å²) in [5.74, 6) is 1.79. The molecule has 0 atom stereocenters. The number of hydrogen-bond donors (Lipinski definition) is 1. The molecule has 0 bridgehead atoms. The van der Waals surface area contributed by atoms with Crippen LogP contribution in [0.15, 0.2) is 30.3 Å². The van der Waals surface area contributed by atoms with Crippen LogP contribution in [-0.2, 0) is 17.9 Å². The smallest absolute Gasteiger partial charge is 0.224 e. The van der Waals surface area contributed by atoms with Gasteiger partial charge in [-0.25, -0.2) is 0 Å². The Morgan fingerprint density at radius 3 is 2.55 bits per heavy atom. The molecular weight excluding hydrogens is 325 g/mol. The quantitative estimate of drug-likeness (QED) is 0.915. The van der Waals surface area contributed by atoms with Gasteiger partial charge >= 0.3 is 0 Å². The Bertz CT molecular complexity index is 617. The Hall–Kier alpha value is -1.63. The number of benzene rings is 1. The highest BCUT2D eigenvalue weighted by Crippen LogP contribution is 2.21. The Morgan fingerprint density at radius 2 is 1.86 bits per heavy atom. The second-order valence-electron chi connectivity index (χ2n) is 4.81. The number of halogens is 2. The van der Waals surface area contributed by atoms with Crippen molar-refractivity contribution < 1.29 is 4.79 Å². The molecular formula is C14H19Cl2N5O. The molecule has 0 spiro atoms. The summed E-state index contributed by atoms with van der Waals surface area (Å²) < 4.78 is 2.08. The van der Waals surface area contributed by atoms with E-state index in [9.17, 15) is 4.79 Å². The number of rotatable bonds is 3. The van der Waals surface area contributed by atoms with Gasteiger partial charge in [0.1, 0.15) is 0 Å². The number of hydrogen-bond acceptors (Lipinski definition) is 4. The summed E-state index contributed by atoms with van der Waals surface area (Å²) in [5.41, 5.74) is 6.48. The molecule has 0 saturated carbocycles. The number of fused-ring (bicyclic) bond motifs is 1. The molecule has 0 fully saturated rings. The molecule has 1 amide bonds. The lowest BCUT2D eigenvalue weighted by molar-refractivity contribution is -0.132. The molecule has 0 saturated heterocycles. The minimum atomic E-state index is 0. The average molecular weight is 344 g/mol. The van der Waals surface area contributed by atoms with Gasteiger partial charge in [-0.15, -0.1) is 35.0 Å². The van der Waals surface area contributed by atoms with Crippen LogP contribution in [0.5, 0.6) is 0 Å². The number of nitrogens with zero attached hydrogens (tertiary/aromatic N) is 4. The first-order valence-electron chi connectivity index (χ1n) is 6.75. The lowest BCUT2D eigenvalue weighted by Crippen LogP contribution is -2.39. The van der Waals surface area contributed by atoms with E-state index in [0.29, 0.717) is 26.1 Å². The Morgan fingerprint density at radius 1 is 1.14 bits per heavy atom. The summed E-state index contributed by atoms with van der Waals surface area (Å²) in [7, 11) is 0. The molecule has 0 unspecified atom stereocenters. The average Bonchev–Trinajstić information content (AvgIpc) is 2.91. The maximum absolute atomic E-state index is 11.9. The highest BCUT2D eigenvalue weighted by Gasteiger charge is 2.24. The Balaban J connectivity index is 0.00000121. The summed E-state index contributed by atoms with van der Waals surface area (Å²) in [6.07, 6.45) is 0.389. The van der Waals surface area contributed by atoms with E-state index in [2.05, 4.69) is 14.8 Å². The van der Waals surface area contributed by atoms with E-state index in [1.807, 2.05) is 30.3 Å². The lowest BCUT2D eigenvalue weighted by Gasteiger charge is -2.27. The van der Waals surface area contributed by atoms with Crippen LogP contribution in [0.1, 0.15) is 12.2 Å². The van der Waals surface area contributed by atoms with Crippen LogP contribution in [0.4, 0.5) is 0 Å². The van der Waals surface area contributed by atoms with Gasteiger partial charge in [0.05, 0.1) is 6.54 Å². The van der Waals surface area contributed by atoms with Crippen LogP contribution in [0, 0.1) is 0 Å². The van der Waals surface area contributed by atoms with Crippen LogP contribution in [0.25, 0.3) is 11.4 Å². The molecule has 22 heavy (non-hydrogen) atoms. The highest BCUT2D eigenvalue weighted by molar-refractivity contribution is 5.85. The predicted octanol–water partition coefficient (Wildman–Crippen LogP) is 1.48. The third-order valence-corrected chi connectivity index (χ3v) is 3.50. The van der Waals surface area contributed by atoms with Crippen molar-refractivity contribution in [2.45, 2.75) is 19.5 Å². The Labute approximate surface area is 141 Å². The van der Waals surface area contributed by atoms with E-state index >= 15 is 0 Å². The van der Waals surface area contributed by atoms with E-state index < -0.39 is 0 Å². The summed E-state index contributed by atoms with van der Waals surface area (Å²) in [5, 5.41) is 8.47. The molecule has 6 nitrogen and oxygen atoms in total. The van der Waals surface area contributed by atoms with Gasteiger partial charge in [-0.2, -0.15) is 0 Å². The molecule has 3 rings (SSSR count). The molecule has 1 aromatic carbocycles. The largest absolute Gasteiger partial charge is 0.333 e. The normalized spacial score (nSPS) is 12.9. The molecule has 1 aromatic heterocycles. The maximum atomic E-state index is 11.9. The first-order valence-corrected chi connectivity index (χ1v) is 6.75. The zero-order valence-corrected chi connectivity index (χ0v) is 13.6. The van der Waals surface area contributed by atoms with Gasteiger partial charge in [0.2, 0.25) is 5.91 Å². The van der Waals surface area contributed by atoms with Gasteiger partial charge < -0.3 is 15.2 Å². The van der Waals surface area contributed by atoms with Gasteiger partial charge in [0, 0.05) is 31.6 Å². The van der Waals surface area contributed by atoms with Crippen molar-refractivity contribution in [3.8, 4) is 11.4 Å². The molecule has 0 radical (unpaired) electrons. The van der Waals surface area contributed by atoms with Crippen molar-refractivity contribution >= 4 is 30.7 Å². The number of nitrogens with two attached hydrogens (primary N) is 1. The number of aromatic nitrogens is 3. The van der Waals surface area contributed by atoms with Crippen molar-refractivity contribution in [1.29, 1.82) is 0 Å². The molecule has 8 heteroatoms. The third kappa shape index (κ3) is 3.58. The first-order chi connectivity index (χ1) is 9.79. The minimum absolute atomic E-state index is 0. The van der Waals surface area contributed by atoms with Gasteiger partial charge in [-0.1, -0.05) is 30.3 Å². The zero-order chi connectivity index (χ0) is 13.9. The monoisotopic (exact) mass is 343 g/mol. The molecule has 0 aliphatic carbocycles. The lowest BCUT2D eigenvalue weighted by atomic mass is 10.2. The fourth-order valence-electron chi connectivity index (χ4n) is 2.45. The highest BCUT2D eigenvalue weighted by atomic mass is 35.5. The van der Waals surface area contributed by atoms with Crippen LogP contribution in [-0.4, -0.2) is 38.7 Å². The predicted molar refractivity (Wildman–Crippen MR) is 89.0 cm³/mol. The fourth-order valence-corrected chi connectivity index (χ4v) is 2.45. The second kappa shape index (κ2) is 8.12. The topological polar surface area (TPSA) is 77.0 Å². The molecule has 1 aliphatic rings. The van der Waals surface area contributed by atoms with Crippen molar-refractivity contribution in [3.05, 3.63) is 36.2 Å². The zero-order valence-electron chi connectivity index (χ0n) is 12.0. The van der Waals surface area contributed by atoms with Gasteiger partial charge in [-0.3, -0.25) is 4.79 Å². The van der Waals surface area contributed by atoms with E-state index in [0.717, 1.165) is 23.8 Å². The molecule has 2 N–H and O–H groups in total. The Kier molecular flexibility index (Phi) is 6.80. The van der Waals surface area contributed by atoms with Crippen LogP contribution in [0.2, 0.25) is 0 Å². The van der Waals surface area contributed by atoms with Gasteiger partial charge in [0.15, 0.2) is 11.6 Å². The summed E-state index contributed by atoms with van der Waals surface area (Å²) >= 11 is 0. The molecule has 120 valence electrons. The van der Waals surface area contributed by atoms with Crippen LogP contribution >= 0.6 is 24.8 Å². The van der Waals surface area contributed by atoms with Gasteiger partial charge in [-0.05, 0) is 0 Å². The summed E-state index contributed by atoms with van der Waals surface area (Å²) in [6, 6.07) is 9.98. The maximum Gasteiger partial charge on any atom is 0.224 e. The summed E-state index contributed by atoms with van der Waals surface area (Å²) in [6.45, 7) is 2.31. The van der Waals surface area contributed by atoms with Crippen LogP contribution < -0.4 is 5.73 Å². The second-order valence-corrected chi connectivity index (χ2v) is 4.81. The van der Waals surface area contributed by atoms with E-state index in [1.165, 1.54) is 0 Å². The molecule has 2 aromatic rings. The van der Waals surface area contributed by atoms with Gasteiger partial charge in [0.25, 0.3) is 0 Å². The van der Waals surface area contributed by atoms with E-state index in [1.54, 1.807) is 4.90 Å². The van der Waals surface area contributed by atoms with E-state index in [-0.39, 0.29) is 30.7 Å².